The van der Waals surface area contributed by atoms with Crippen molar-refractivity contribution in [2.45, 2.75) is 25.2 Å². The van der Waals surface area contributed by atoms with Crippen molar-refractivity contribution in [2.24, 2.45) is 0 Å². The van der Waals surface area contributed by atoms with Crippen molar-refractivity contribution < 1.29 is 0 Å². The Morgan fingerprint density at radius 2 is 1.47 bits per heavy atom. The molecule has 32 heavy (non-hydrogen) atoms. The van der Waals surface area contributed by atoms with Crippen LogP contribution in [-0.2, 0) is 5.41 Å². The molecule has 0 radical (unpaired) electrons. The van der Waals surface area contributed by atoms with E-state index >= 15 is 0 Å². The van der Waals surface area contributed by atoms with E-state index in [1.54, 1.807) is 0 Å². The first-order valence-corrected chi connectivity index (χ1v) is 11.5. The Kier molecular flexibility index (Phi) is 4.47. The lowest BCUT2D eigenvalue weighted by Crippen LogP contribution is -2.30. The van der Waals surface area contributed by atoms with Crippen LogP contribution < -0.4 is 0 Å². The van der Waals surface area contributed by atoms with Crippen LogP contribution in [0, 0.1) is 6.92 Å². The van der Waals surface area contributed by atoms with Crippen LogP contribution in [0.25, 0.3) is 22.3 Å². The van der Waals surface area contributed by atoms with Crippen molar-refractivity contribution in [3.05, 3.63) is 143 Å². The molecule has 2 aliphatic rings. The van der Waals surface area contributed by atoms with Crippen molar-refractivity contribution in [2.75, 3.05) is 0 Å². The molecule has 6 rings (SSSR count). The van der Waals surface area contributed by atoms with Gasteiger partial charge in [-0.2, -0.15) is 0 Å². The Labute approximate surface area is 190 Å². The van der Waals surface area contributed by atoms with Gasteiger partial charge in [0.1, 0.15) is 0 Å². The standard InChI is InChI=1S/C32H26/c1-23-12-11-19-29-31(23)28-21-20-25(24-13-5-2-6-14-24)22-30(28)32(29,26-15-7-3-8-16-26)27-17-9-4-10-18-27/h2-9,11-17,19-22H,10,18H2,1H3. The maximum Gasteiger partial charge on any atom is 0.0676 e. The molecule has 154 valence electrons. The maximum absolute atomic E-state index is 2.45. The van der Waals surface area contributed by atoms with E-state index in [0.717, 1.165) is 12.8 Å². The molecule has 4 aromatic carbocycles. The minimum atomic E-state index is -0.256. The highest BCUT2D eigenvalue weighted by atomic mass is 14.5. The molecule has 0 amide bonds. The Morgan fingerprint density at radius 3 is 2.22 bits per heavy atom. The van der Waals surface area contributed by atoms with Crippen LogP contribution in [0.5, 0.6) is 0 Å². The molecule has 0 saturated carbocycles. The van der Waals surface area contributed by atoms with Gasteiger partial charge in [0.05, 0.1) is 5.41 Å². The summed E-state index contributed by atoms with van der Waals surface area (Å²) in [6.45, 7) is 2.25. The molecule has 1 atom stereocenters. The van der Waals surface area contributed by atoms with Crippen LogP contribution in [-0.4, -0.2) is 0 Å². The van der Waals surface area contributed by atoms with E-state index in [1.807, 2.05) is 0 Å². The number of aryl methyl sites for hydroxylation is 1. The van der Waals surface area contributed by atoms with Crippen LogP contribution in [0.3, 0.4) is 0 Å². The van der Waals surface area contributed by atoms with Gasteiger partial charge in [0.2, 0.25) is 0 Å². The molecule has 0 aromatic heterocycles. The Hall–Kier alpha value is -3.64. The highest BCUT2D eigenvalue weighted by Crippen LogP contribution is 2.58. The molecule has 4 aromatic rings. The second-order valence-corrected chi connectivity index (χ2v) is 8.90. The Balaban J connectivity index is 1.74. The average Bonchev–Trinajstić information content (AvgIpc) is 3.17. The topological polar surface area (TPSA) is 0 Å². The van der Waals surface area contributed by atoms with Gasteiger partial charge < -0.3 is 0 Å². The maximum atomic E-state index is 2.45. The number of rotatable bonds is 3. The number of allylic oxidation sites excluding steroid dienone is 4. The second kappa shape index (κ2) is 7.50. The number of hydrogen-bond donors (Lipinski definition) is 0. The number of hydrogen-bond acceptors (Lipinski definition) is 0. The molecule has 0 fully saturated rings. The van der Waals surface area contributed by atoms with E-state index in [2.05, 4.69) is 122 Å². The fourth-order valence-electron chi connectivity index (χ4n) is 5.81. The van der Waals surface area contributed by atoms with Crippen molar-refractivity contribution in [3.8, 4) is 22.3 Å². The molecule has 0 heteroatoms. The zero-order valence-electron chi connectivity index (χ0n) is 18.4. The monoisotopic (exact) mass is 410 g/mol. The molecule has 0 saturated heterocycles. The van der Waals surface area contributed by atoms with Gasteiger partial charge in [0.25, 0.3) is 0 Å². The van der Waals surface area contributed by atoms with Gasteiger partial charge in [-0.1, -0.05) is 115 Å². The van der Waals surface area contributed by atoms with Crippen LogP contribution in [0.4, 0.5) is 0 Å². The van der Waals surface area contributed by atoms with Crippen molar-refractivity contribution in [3.63, 3.8) is 0 Å². The minimum absolute atomic E-state index is 0.256. The molecule has 0 heterocycles. The fraction of sp³-hybridized carbons (Fsp3) is 0.125. The lowest BCUT2D eigenvalue weighted by Gasteiger charge is -2.37. The van der Waals surface area contributed by atoms with Gasteiger partial charge in [-0.3, -0.25) is 0 Å². The average molecular weight is 411 g/mol. The number of benzene rings is 4. The summed E-state index contributed by atoms with van der Waals surface area (Å²) in [6, 6.07) is 35.8. The van der Waals surface area contributed by atoms with Crippen LogP contribution in [0.15, 0.2) is 121 Å². The third-order valence-corrected chi connectivity index (χ3v) is 7.18. The lowest BCUT2D eigenvalue weighted by molar-refractivity contribution is 0.693. The zero-order chi connectivity index (χ0) is 21.5. The first-order valence-electron chi connectivity index (χ1n) is 11.5. The van der Waals surface area contributed by atoms with Crippen LogP contribution in [0.2, 0.25) is 0 Å². The second-order valence-electron chi connectivity index (χ2n) is 8.90. The molecule has 0 nitrogen and oxygen atoms in total. The summed E-state index contributed by atoms with van der Waals surface area (Å²) < 4.78 is 0. The van der Waals surface area contributed by atoms with Gasteiger partial charge in [0, 0.05) is 0 Å². The predicted octanol–water partition coefficient (Wildman–Crippen LogP) is 8.25. The van der Waals surface area contributed by atoms with Gasteiger partial charge in [-0.25, -0.2) is 0 Å². The quantitative estimate of drug-likeness (QED) is 0.319. The fourth-order valence-corrected chi connectivity index (χ4v) is 5.81. The third-order valence-electron chi connectivity index (χ3n) is 7.18. The van der Waals surface area contributed by atoms with Crippen molar-refractivity contribution in [1.82, 2.24) is 0 Å². The van der Waals surface area contributed by atoms with Crippen molar-refractivity contribution >= 4 is 0 Å². The van der Waals surface area contributed by atoms with E-state index in [-0.39, 0.29) is 5.41 Å². The molecular weight excluding hydrogens is 384 g/mol. The number of fused-ring (bicyclic) bond motifs is 3. The molecule has 0 spiro atoms. The highest BCUT2D eigenvalue weighted by molar-refractivity contribution is 5.89. The summed E-state index contributed by atoms with van der Waals surface area (Å²) in [5.74, 6) is 0. The molecule has 0 bridgehead atoms. The van der Waals surface area contributed by atoms with E-state index in [4.69, 9.17) is 0 Å². The zero-order valence-corrected chi connectivity index (χ0v) is 18.4. The SMILES string of the molecule is Cc1cccc2c1-c1ccc(-c3ccccc3)cc1C2(C1=CC=CCC1)c1ccccc1. The first-order chi connectivity index (χ1) is 15.8. The summed E-state index contributed by atoms with van der Waals surface area (Å²) in [5.41, 5.74) is 12.1. The highest BCUT2D eigenvalue weighted by Gasteiger charge is 2.47. The van der Waals surface area contributed by atoms with Crippen LogP contribution >= 0.6 is 0 Å². The van der Waals surface area contributed by atoms with Gasteiger partial charge >= 0.3 is 0 Å². The summed E-state index contributed by atoms with van der Waals surface area (Å²) in [7, 11) is 0. The summed E-state index contributed by atoms with van der Waals surface area (Å²) in [4.78, 5) is 0. The molecule has 1 unspecified atom stereocenters. The van der Waals surface area contributed by atoms with Gasteiger partial charge in [-0.05, 0) is 70.3 Å². The van der Waals surface area contributed by atoms with E-state index in [1.165, 1.54) is 50.1 Å². The summed E-state index contributed by atoms with van der Waals surface area (Å²) >= 11 is 0. The minimum Gasteiger partial charge on any atom is -0.0842 e. The Bertz CT molecular complexity index is 1360. The normalized spacial score (nSPS) is 18.7. The van der Waals surface area contributed by atoms with Gasteiger partial charge in [-0.15, -0.1) is 0 Å². The lowest BCUT2D eigenvalue weighted by atomic mass is 9.65. The summed E-state index contributed by atoms with van der Waals surface area (Å²) in [6.07, 6.45) is 9.07. The van der Waals surface area contributed by atoms with Crippen LogP contribution in [0.1, 0.15) is 35.1 Å². The van der Waals surface area contributed by atoms with Gasteiger partial charge in [0.15, 0.2) is 0 Å². The molecule has 0 N–H and O–H groups in total. The Morgan fingerprint density at radius 1 is 0.688 bits per heavy atom. The third kappa shape index (κ3) is 2.69. The largest absolute Gasteiger partial charge is 0.0842 e. The smallest absolute Gasteiger partial charge is 0.0676 e. The first kappa shape index (κ1) is 19.1. The predicted molar refractivity (Wildman–Crippen MR) is 135 cm³/mol. The van der Waals surface area contributed by atoms with E-state index in [0.29, 0.717) is 0 Å². The van der Waals surface area contributed by atoms with Crippen molar-refractivity contribution in [1.29, 1.82) is 0 Å². The van der Waals surface area contributed by atoms with E-state index < -0.39 is 0 Å². The summed E-state index contributed by atoms with van der Waals surface area (Å²) in [5, 5.41) is 0. The molecule has 0 aliphatic heterocycles. The molecule has 2 aliphatic carbocycles. The molecular formula is C32H26. The van der Waals surface area contributed by atoms with E-state index in [9.17, 15) is 0 Å².